The van der Waals surface area contributed by atoms with E-state index in [1.54, 1.807) is 6.07 Å². The van der Waals surface area contributed by atoms with E-state index in [9.17, 15) is 4.79 Å². The van der Waals surface area contributed by atoms with Gasteiger partial charge in [0.2, 0.25) is 0 Å². The van der Waals surface area contributed by atoms with Crippen molar-refractivity contribution in [1.82, 2.24) is 0 Å². The normalized spacial score (nSPS) is 11.9. The second kappa shape index (κ2) is 3.42. The van der Waals surface area contributed by atoms with Gasteiger partial charge >= 0.3 is 5.63 Å². The highest BCUT2D eigenvalue weighted by molar-refractivity contribution is 7.81. The quantitative estimate of drug-likeness (QED) is 0.591. The van der Waals surface area contributed by atoms with Crippen molar-refractivity contribution in [2.24, 2.45) is 0 Å². The summed E-state index contributed by atoms with van der Waals surface area (Å²) in [6, 6.07) is 9.30. The summed E-state index contributed by atoms with van der Waals surface area (Å²) < 4.78 is 4.73. The van der Waals surface area contributed by atoms with Crippen molar-refractivity contribution in [3.05, 3.63) is 46.3 Å². The lowest BCUT2D eigenvalue weighted by molar-refractivity contribution is 0.539. The third-order valence-corrected chi connectivity index (χ3v) is 2.54. The molecule has 0 radical (unpaired) electrons. The zero-order valence-electron chi connectivity index (χ0n) is 8.65. The molecule has 0 spiro atoms. The lowest BCUT2D eigenvalue weighted by atomic mass is 10.0. The fourth-order valence-electron chi connectivity index (χ4n) is 1.49. The van der Waals surface area contributed by atoms with Crippen LogP contribution in [0.25, 0.3) is 11.0 Å². The van der Waals surface area contributed by atoms with Gasteiger partial charge in [0, 0.05) is 10.1 Å². The molecule has 2 nitrogen and oxygen atoms in total. The van der Waals surface area contributed by atoms with Crippen LogP contribution in [0.3, 0.4) is 0 Å². The molecule has 0 saturated carbocycles. The molecular weight excluding hydrogens is 208 g/mol. The molecule has 2 aromatic rings. The minimum atomic E-state index is -0.482. The van der Waals surface area contributed by atoms with Gasteiger partial charge in [-0.15, -0.1) is 0 Å². The molecule has 1 aromatic carbocycles. The van der Waals surface area contributed by atoms with E-state index < -0.39 is 4.75 Å². The summed E-state index contributed by atoms with van der Waals surface area (Å²) >= 11 is 4.38. The first-order chi connectivity index (χ1) is 6.98. The van der Waals surface area contributed by atoms with Crippen LogP contribution in [-0.2, 0) is 4.75 Å². The number of hydrogen-bond acceptors (Lipinski definition) is 3. The summed E-state index contributed by atoms with van der Waals surface area (Å²) in [6.07, 6.45) is 0. The molecule has 3 heteroatoms. The number of hydrogen-bond donors (Lipinski definition) is 1. The molecule has 15 heavy (non-hydrogen) atoms. The molecule has 0 unspecified atom stereocenters. The van der Waals surface area contributed by atoms with E-state index in [0.29, 0.717) is 11.1 Å². The Morgan fingerprint density at radius 1 is 1.27 bits per heavy atom. The first-order valence-electron chi connectivity index (χ1n) is 4.74. The minimum absolute atomic E-state index is 0.311. The maximum Gasteiger partial charge on any atom is 0.340 e. The molecule has 0 fully saturated rings. The van der Waals surface area contributed by atoms with Crippen molar-refractivity contribution < 1.29 is 4.42 Å². The fraction of sp³-hybridized carbons (Fsp3) is 0.250. The van der Waals surface area contributed by atoms with Crippen molar-refractivity contribution in [1.29, 1.82) is 0 Å². The molecule has 0 amide bonds. The van der Waals surface area contributed by atoms with E-state index in [1.807, 2.05) is 38.1 Å². The average Bonchev–Trinajstić information content (AvgIpc) is 2.15. The van der Waals surface area contributed by atoms with Gasteiger partial charge in [-0.05, 0) is 26.0 Å². The van der Waals surface area contributed by atoms with Crippen LogP contribution in [-0.4, -0.2) is 0 Å². The van der Waals surface area contributed by atoms with Crippen LogP contribution >= 0.6 is 12.6 Å². The maximum atomic E-state index is 11.7. The molecule has 1 heterocycles. The lowest BCUT2D eigenvalue weighted by Crippen LogP contribution is -2.19. The predicted molar refractivity (Wildman–Crippen MR) is 64.5 cm³/mol. The summed E-state index contributed by atoms with van der Waals surface area (Å²) in [5, 5.41) is 0.925. The van der Waals surface area contributed by atoms with Crippen LogP contribution in [0, 0.1) is 0 Å². The highest BCUT2D eigenvalue weighted by Crippen LogP contribution is 2.26. The average molecular weight is 220 g/mol. The van der Waals surface area contributed by atoms with Gasteiger partial charge in [0.15, 0.2) is 0 Å². The van der Waals surface area contributed by atoms with Crippen molar-refractivity contribution in [3.8, 4) is 0 Å². The van der Waals surface area contributed by atoms with Crippen LogP contribution in [0.1, 0.15) is 19.4 Å². The molecule has 0 aliphatic rings. The Hall–Kier alpha value is -1.22. The molecule has 0 N–H and O–H groups in total. The molecule has 0 aliphatic carbocycles. The second-order valence-corrected chi connectivity index (χ2v) is 5.16. The van der Waals surface area contributed by atoms with Crippen LogP contribution in [0.15, 0.2) is 39.5 Å². The zero-order chi connectivity index (χ0) is 11.1. The fourth-order valence-corrected chi connectivity index (χ4v) is 1.64. The molecule has 0 bridgehead atoms. The third-order valence-electron chi connectivity index (χ3n) is 2.30. The van der Waals surface area contributed by atoms with Crippen LogP contribution in [0.5, 0.6) is 0 Å². The van der Waals surface area contributed by atoms with Crippen molar-refractivity contribution in [2.75, 3.05) is 0 Å². The predicted octanol–water partition coefficient (Wildman–Crippen LogP) is 2.96. The molecule has 78 valence electrons. The van der Waals surface area contributed by atoms with Gasteiger partial charge in [-0.1, -0.05) is 18.2 Å². The van der Waals surface area contributed by atoms with E-state index in [0.717, 1.165) is 5.39 Å². The van der Waals surface area contributed by atoms with Gasteiger partial charge in [0.1, 0.15) is 5.58 Å². The van der Waals surface area contributed by atoms with Gasteiger partial charge in [-0.2, -0.15) is 12.6 Å². The second-order valence-electron chi connectivity index (χ2n) is 4.04. The van der Waals surface area contributed by atoms with Gasteiger partial charge in [-0.25, -0.2) is 4.79 Å². The molecule has 0 saturated heterocycles. The smallest absolute Gasteiger partial charge is 0.340 e. The van der Waals surface area contributed by atoms with E-state index >= 15 is 0 Å². The Morgan fingerprint density at radius 3 is 2.60 bits per heavy atom. The first kappa shape index (κ1) is 10.3. The van der Waals surface area contributed by atoms with Gasteiger partial charge in [0.05, 0.1) is 5.56 Å². The molecule has 0 atom stereocenters. The van der Waals surface area contributed by atoms with E-state index in [2.05, 4.69) is 12.6 Å². The first-order valence-corrected chi connectivity index (χ1v) is 5.19. The highest BCUT2D eigenvalue weighted by Gasteiger charge is 2.20. The number of thiol groups is 1. The van der Waals surface area contributed by atoms with Crippen LogP contribution in [0.2, 0.25) is 0 Å². The number of rotatable bonds is 1. The summed E-state index contributed by atoms with van der Waals surface area (Å²) in [7, 11) is 0. The van der Waals surface area contributed by atoms with Crippen molar-refractivity contribution in [3.63, 3.8) is 0 Å². The van der Waals surface area contributed by atoms with Gasteiger partial charge in [0.25, 0.3) is 0 Å². The van der Waals surface area contributed by atoms with Crippen molar-refractivity contribution in [2.45, 2.75) is 18.6 Å². The van der Waals surface area contributed by atoms with E-state index in [4.69, 9.17) is 4.42 Å². The standard InChI is InChI=1S/C12H12O2S/c1-12(2,15)9-7-8-5-3-4-6-10(8)14-11(9)13/h3-7,15H,1-2H3. The zero-order valence-corrected chi connectivity index (χ0v) is 9.54. The maximum absolute atomic E-state index is 11.7. The minimum Gasteiger partial charge on any atom is -0.422 e. The summed E-state index contributed by atoms with van der Waals surface area (Å²) in [6.45, 7) is 3.74. The van der Waals surface area contributed by atoms with E-state index in [1.165, 1.54) is 0 Å². The monoisotopic (exact) mass is 220 g/mol. The molecule has 2 rings (SSSR count). The number of fused-ring (bicyclic) bond motifs is 1. The Kier molecular flexibility index (Phi) is 2.35. The third kappa shape index (κ3) is 1.92. The molecule has 0 aliphatic heterocycles. The SMILES string of the molecule is CC(C)(S)c1cc2ccccc2oc1=O. The van der Waals surface area contributed by atoms with Crippen LogP contribution in [0.4, 0.5) is 0 Å². The highest BCUT2D eigenvalue weighted by atomic mass is 32.1. The largest absolute Gasteiger partial charge is 0.422 e. The molecular formula is C12H12O2S. The van der Waals surface area contributed by atoms with Gasteiger partial charge < -0.3 is 4.42 Å². The Morgan fingerprint density at radius 2 is 1.93 bits per heavy atom. The van der Waals surface area contributed by atoms with Crippen molar-refractivity contribution >= 4 is 23.6 Å². The molecule has 1 aromatic heterocycles. The summed E-state index contributed by atoms with van der Waals surface area (Å²) in [4.78, 5) is 11.7. The Bertz CT molecular complexity index is 549. The lowest BCUT2D eigenvalue weighted by Gasteiger charge is -2.16. The summed E-state index contributed by atoms with van der Waals surface area (Å²) in [5.41, 5.74) is 0.891. The van der Waals surface area contributed by atoms with Crippen LogP contribution < -0.4 is 5.63 Å². The topological polar surface area (TPSA) is 30.2 Å². The number of para-hydroxylation sites is 1. The Balaban J connectivity index is 2.79. The van der Waals surface area contributed by atoms with Gasteiger partial charge in [-0.3, -0.25) is 0 Å². The summed E-state index contributed by atoms with van der Waals surface area (Å²) in [5.74, 6) is 0. The number of benzene rings is 1. The Labute approximate surface area is 93.3 Å². The van der Waals surface area contributed by atoms with E-state index in [-0.39, 0.29) is 5.63 Å².